The molecule has 0 radical (unpaired) electrons. The molecule has 0 amide bonds. The molecule has 4 aromatic heterocycles. The number of aromatic amines is 3. The van der Waals surface area contributed by atoms with Gasteiger partial charge in [0.2, 0.25) is 0 Å². The molecule has 138 valence electrons. The van der Waals surface area contributed by atoms with Gasteiger partial charge in [-0.3, -0.25) is 15.2 Å². The van der Waals surface area contributed by atoms with Crippen molar-refractivity contribution in [1.82, 2.24) is 30.4 Å². The van der Waals surface area contributed by atoms with Crippen molar-refractivity contribution in [2.24, 2.45) is 0 Å². The van der Waals surface area contributed by atoms with Crippen molar-refractivity contribution >= 4 is 21.8 Å². The summed E-state index contributed by atoms with van der Waals surface area (Å²) in [6.45, 7) is 0. The van der Waals surface area contributed by atoms with Crippen molar-refractivity contribution in [3.8, 4) is 33.8 Å². The fraction of sp³-hybridized carbons (Fsp3) is 0. The molecule has 0 aliphatic carbocycles. The number of hydrogen-bond acceptors (Lipinski definition) is 3. The van der Waals surface area contributed by atoms with E-state index in [9.17, 15) is 0 Å². The van der Waals surface area contributed by atoms with Crippen LogP contribution in [-0.2, 0) is 0 Å². The minimum absolute atomic E-state index is 0.897. The molecule has 6 rings (SSSR count). The Bertz CT molecular complexity index is 1440. The van der Waals surface area contributed by atoms with Gasteiger partial charge in [-0.2, -0.15) is 10.2 Å². The van der Waals surface area contributed by atoms with E-state index in [-0.39, 0.29) is 0 Å². The van der Waals surface area contributed by atoms with Gasteiger partial charge in [-0.1, -0.05) is 24.3 Å². The van der Waals surface area contributed by atoms with E-state index in [0.29, 0.717) is 0 Å². The van der Waals surface area contributed by atoms with Crippen LogP contribution in [0.1, 0.15) is 0 Å². The Hall–Kier alpha value is -4.19. The van der Waals surface area contributed by atoms with Crippen molar-refractivity contribution < 1.29 is 0 Å². The normalized spacial score (nSPS) is 11.4. The van der Waals surface area contributed by atoms with Crippen molar-refractivity contribution in [2.75, 3.05) is 0 Å². The van der Waals surface area contributed by atoms with Crippen LogP contribution in [0, 0.1) is 0 Å². The van der Waals surface area contributed by atoms with E-state index in [1.54, 1.807) is 0 Å². The van der Waals surface area contributed by atoms with Gasteiger partial charge in [0.15, 0.2) is 0 Å². The number of hydrogen-bond donors (Lipinski definition) is 3. The molecule has 0 saturated heterocycles. The van der Waals surface area contributed by atoms with Crippen LogP contribution in [0.4, 0.5) is 0 Å². The Morgan fingerprint density at radius 1 is 0.793 bits per heavy atom. The molecule has 0 bridgehead atoms. The summed E-state index contributed by atoms with van der Waals surface area (Å²) in [6, 6.07) is 20.6. The number of nitrogens with one attached hydrogen (secondary N) is 3. The van der Waals surface area contributed by atoms with Gasteiger partial charge in [-0.15, -0.1) is 0 Å². The van der Waals surface area contributed by atoms with Crippen molar-refractivity contribution in [3.05, 3.63) is 79.3 Å². The zero-order valence-electron chi connectivity index (χ0n) is 15.3. The minimum atomic E-state index is 0.897. The van der Waals surface area contributed by atoms with Crippen LogP contribution in [0.25, 0.3) is 55.6 Å². The van der Waals surface area contributed by atoms with Crippen LogP contribution < -0.4 is 0 Å². The van der Waals surface area contributed by atoms with E-state index < -0.39 is 0 Å². The number of fused-ring (bicyclic) bond motifs is 2. The van der Waals surface area contributed by atoms with Gasteiger partial charge in [0.05, 0.1) is 23.1 Å². The highest BCUT2D eigenvalue weighted by Gasteiger charge is 2.14. The molecule has 3 N–H and O–H groups in total. The first-order valence-electron chi connectivity index (χ1n) is 9.37. The van der Waals surface area contributed by atoms with E-state index in [0.717, 1.165) is 55.6 Å². The molecule has 29 heavy (non-hydrogen) atoms. The van der Waals surface area contributed by atoms with E-state index in [1.165, 1.54) is 0 Å². The molecule has 2 aromatic carbocycles. The number of rotatable bonds is 3. The van der Waals surface area contributed by atoms with Crippen molar-refractivity contribution in [2.45, 2.75) is 0 Å². The van der Waals surface area contributed by atoms with Crippen molar-refractivity contribution in [3.63, 3.8) is 0 Å². The number of pyridine rings is 1. The second kappa shape index (κ2) is 6.17. The van der Waals surface area contributed by atoms with E-state index in [4.69, 9.17) is 0 Å². The quantitative estimate of drug-likeness (QED) is 0.398. The molecule has 0 unspecified atom stereocenters. The SMILES string of the molecule is c1ccc(-c2cccc3[nH]c(-c4n[nH]c5ccc(-c6cn[nH]c6)cc45)cc23)nc1. The second-order valence-electron chi connectivity index (χ2n) is 6.98. The Morgan fingerprint density at radius 2 is 1.79 bits per heavy atom. The third-order valence-electron chi connectivity index (χ3n) is 5.25. The molecule has 4 heterocycles. The summed E-state index contributed by atoms with van der Waals surface area (Å²) in [5, 5.41) is 16.9. The smallest absolute Gasteiger partial charge is 0.116 e. The topological polar surface area (TPSA) is 86.0 Å². The van der Waals surface area contributed by atoms with Gasteiger partial charge in [0.25, 0.3) is 0 Å². The number of H-pyrrole nitrogens is 3. The van der Waals surface area contributed by atoms with Crippen LogP contribution in [0.5, 0.6) is 0 Å². The van der Waals surface area contributed by atoms with Gasteiger partial charge < -0.3 is 4.98 Å². The van der Waals surface area contributed by atoms with Crippen LogP contribution >= 0.6 is 0 Å². The molecule has 0 atom stereocenters. The molecule has 0 aliphatic heterocycles. The van der Waals surface area contributed by atoms with Crippen LogP contribution in [0.15, 0.2) is 79.3 Å². The Balaban J connectivity index is 1.54. The van der Waals surface area contributed by atoms with Gasteiger partial charge in [0, 0.05) is 39.8 Å². The highest BCUT2D eigenvalue weighted by molar-refractivity contribution is 6.01. The van der Waals surface area contributed by atoms with Gasteiger partial charge in [-0.25, -0.2) is 0 Å². The Kier molecular flexibility index (Phi) is 3.37. The summed E-state index contributed by atoms with van der Waals surface area (Å²) in [7, 11) is 0. The third kappa shape index (κ3) is 2.54. The lowest BCUT2D eigenvalue weighted by atomic mass is 10.0. The van der Waals surface area contributed by atoms with Crippen LogP contribution in [0.3, 0.4) is 0 Å². The maximum atomic E-state index is 4.59. The average molecular weight is 376 g/mol. The molecule has 0 fully saturated rings. The standard InChI is InChI=1S/C23H16N6/c1-2-9-24-19(5-1)16-4-3-6-20-17(16)11-22(27-20)23-18-10-14(15-12-25-26-13-15)7-8-21(18)28-29-23/h1-13,27H,(H,25,26)(H,28,29). The highest BCUT2D eigenvalue weighted by atomic mass is 15.1. The summed E-state index contributed by atoms with van der Waals surface area (Å²) in [6.07, 6.45) is 5.53. The first-order valence-corrected chi connectivity index (χ1v) is 9.37. The maximum Gasteiger partial charge on any atom is 0.116 e. The molecule has 6 nitrogen and oxygen atoms in total. The summed E-state index contributed by atoms with van der Waals surface area (Å²) in [5.74, 6) is 0. The molecule has 6 aromatic rings. The average Bonchev–Trinajstić information content (AvgIpc) is 3.52. The summed E-state index contributed by atoms with van der Waals surface area (Å²) in [5.41, 5.74) is 8.13. The second-order valence-corrected chi connectivity index (χ2v) is 6.98. The molecular weight excluding hydrogens is 360 g/mol. The van der Waals surface area contributed by atoms with Gasteiger partial charge >= 0.3 is 0 Å². The maximum absolute atomic E-state index is 4.59. The fourth-order valence-corrected chi connectivity index (χ4v) is 3.84. The molecule has 0 aliphatic rings. The lowest BCUT2D eigenvalue weighted by Crippen LogP contribution is -1.82. The molecule has 0 spiro atoms. The number of aromatic nitrogens is 6. The molecular formula is C23H16N6. The van der Waals surface area contributed by atoms with Gasteiger partial charge in [0.1, 0.15) is 5.69 Å². The third-order valence-corrected chi connectivity index (χ3v) is 5.25. The fourth-order valence-electron chi connectivity index (χ4n) is 3.84. The largest absolute Gasteiger partial charge is 0.353 e. The molecule has 0 saturated carbocycles. The Labute approximate surface area is 165 Å². The highest BCUT2D eigenvalue weighted by Crippen LogP contribution is 2.34. The predicted molar refractivity (Wildman–Crippen MR) is 114 cm³/mol. The van der Waals surface area contributed by atoms with Gasteiger partial charge in [-0.05, 0) is 42.0 Å². The van der Waals surface area contributed by atoms with E-state index in [1.807, 2.05) is 42.9 Å². The zero-order chi connectivity index (χ0) is 19.2. The van der Waals surface area contributed by atoms with Crippen molar-refractivity contribution in [1.29, 1.82) is 0 Å². The summed E-state index contributed by atoms with van der Waals surface area (Å²) >= 11 is 0. The first-order chi connectivity index (χ1) is 14.4. The molecule has 6 heteroatoms. The van der Waals surface area contributed by atoms with Crippen LogP contribution in [-0.4, -0.2) is 30.4 Å². The number of nitrogens with zero attached hydrogens (tertiary/aromatic N) is 3. The predicted octanol–water partition coefficient (Wildman–Crippen LogP) is 5.16. The van der Waals surface area contributed by atoms with E-state index in [2.05, 4.69) is 66.8 Å². The summed E-state index contributed by atoms with van der Waals surface area (Å²) < 4.78 is 0. The van der Waals surface area contributed by atoms with Crippen LogP contribution in [0.2, 0.25) is 0 Å². The number of benzene rings is 2. The lowest BCUT2D eigenvalue weighted by molar-refractivity contribution is 1.09. The monoisotopic (exact) mass is 376 g/mol. The Morgan fingerprint density at radius 3 is 2.66 bits per heavy atom. The van der Waals surface area contributed by atoms with E-state index >= 15 is 0 Å². The first kappa shape index (κ1) is 15.8. The zero-order valence-corrected chi connectivity index (χ0v) is 15.3. The lowest BCUT2D eigenvalue weighted by Gasteiger charge is -2.01. The summed E-state index contributed by atoms with van der Waals surface area (Å²) in [4.78, 5) is 8.04. The minimum Gasteiger partial charge on any atom is -0.353 e.